The third kappa shape index (κ3) is 2.55. The van der Waals surface area contributed by atoms with Crippen LogP contribution in [-0.4, -0.2) is 27.8 Å². The van der Waals surface area contributed by atoms with E-state index in [1.165, 1.54) is 0 Å². The molecule has 1 atom stereocenters. The molecule has 1 unspecified atom stereocenters. The van der Waals surface area contributed by atoms with Gasteiger partial charge in [-0.05, 0) is 25.0 Å². The summed E-state index contributed by atoms with van der Waals surface area (Å²) in [6.45, 7) is 0.753. The number of hydrogen-bond acceptors (Lipinski definition) is 6. The molecule has 0 radical (unpaired) electrons. The van der Waals surface area contributed by atoms with Gasteiger partial charge in [0.15, 0.2) is 17.8 Å². The van der Waals surface area contributed by atoms with Crippen LogP contribution in [0.5, 0.6) is 0 Å². The van der Waals surface area contributed by atoms with E-state index in [1.54, 1.807) is 18.5 Å². The summed E-state index contributed by atoms with van der Waals surface area (Å²) >= 11 is 0. The molecule has 1 saturated heterocycles. The summed E-state index contributed by atoms with van der Waals surface area (Å²) in [5.74, 6) is 0.608. The molecule has 0 saturated carbocycles. The molecule has 0 spiro atoms. The molecule has 1 fully saturated rings. The molecule has 18 heavy (non-hydrogen) atoms. The number of nitrogens with one attached hydrogen (secondary N) is 1. The molecule has 3 rings (SSSR count). The molecule has 0 bridgehead atoms. The van der Waals surface area contributed by atoms with E-state index >= 15 is 0 Å². The highest BCUT2D eigenvalue weighted by Crippen LogP contribution is 2.15. The van der Waals surface area contributed by atoms with Crippen LogP contribution in [0.4, 0.5) is 5.82 Å². The fraction of sp³-hybridized carbons (Fsp3) is 0.417. The van der Waals surface area contributed by atoms with Gasteiger partial charge in [-0.2, -0.15) is 0 Å². The van der Waals surface area contributed by atoms with Gasteiger partial charge >= 0.3 is 0 Å². The lowest BCUT2D eigenvalue weighted by molar-refractivity contribution is -0.145. The van der Waals surface area contributed by atoms with E-state index in [4.69, 9.17) is 9.57 Å². The molecule has 0 aliphatic carbocycles. The summed E-state index contributed by atoms with van der Waals surface area (Å²) < 4.78 is 5.45. The lowest BCUT2D eigenvalue weighted by Crippen LogP contribution is -2.25. The first-order chi connectivity index (χ1) is 8.92. The van der Waals surface area contributed by atoms with E-state index in [0.29, 0.717) is 11.5 Å². The molecule has 1 N–H and O–H groups in total. The van der Waals surface area contributed by atoms with Crippen molar-refractivity contribution in [2.24, 2.45) is 0 Å². The topological polar surface area (TPSA) is 69.2 Å². The Morgan fingerprint density at radius 3 is 3.06 bits per heavy atom. The fourth-order valence-electron chi connectivity index (χ4n) is 1.84. The van der Waals surface area contributed by atoms with E-state index < -0.39 is 0 Å². The van der Waals surface area contributed by atoms with Gasteiger partial charge in [-0.3, -0.25) is 4.98 Å². The summed E-state index contributed by atoms with van der Waals surface area (Å²) in [5, 5.41) is 0. The smallest absolute Gasteiger partial charge is 0.183 e. The van der Waals surface area contributed by atoms with Gasteiger partial charge in [0.25, 0.3) is 0 Å². The monoisotopic (exact) mass is 246 g/mol. The zero-order chi connectivity index (χ0) is 12.2. The number of fused-ring (bicyclic) bond motifs is 1. The Labute approximate surface area is 104 Å². The second-order valence-corrected chi connectivity index (χ2v) is 4.11. The van der Waals surface area contributed by atoms with Crippen molar-refractivity contribution in [3.05, 3.63) is 24.5 Å². The highest BCUT2D eigenvalue weighted by molar-refractivity contribution is 5.71. The maximum absolute atomic E-state index is 5.45. The van der Waals surface area contributed by atoms with Crippen molar-refractivity contribution in [1.82, 2.24) is 15.0 Å². The maximum Gasteiger partial charge on any atom is 0.183 e. The van der Waals surface area contributed by atoms with Crippen LogP contribution in [0.1, 0.15) is 19.3 Å². The van der Waals surface area contributed by atoms with Crippen molar-refractivity contribution in [1.29, 1.82) is 0 Å². The first kappa shape index (κ1) is 11.3. The van der Waals surface area contributed by atoms with Gasteiger partial charge in [0.05, 0.1) is 0 Å². The molecule has 3 heterocycles. The van der Waals surface area contributed by atoms with Crippen LogP contribution in [0.15, 0.2) is 24.5 Å². The van der Waals surface area contributed by atoms with Gasteiger partial charge in [0, 0.05) is 25.4 Å². The van der Waals surface area contributed by atoms with Crippen molar-refractivity contribution < 1.29 is 9.57 Å². The van der Waals surface area contributed by atoms with Crippen LogP contribution in [0, 0.1) is 0 Å². The zero-order valence-corrected chi connectivity index (χ0v) is 9.87. The summed E-state index contributed by atoms with van der Waals surface area (Å²) in [6, 6.07) is 3.66. The third-order valence-corrected chi connectivity index (χ3v) is 2.76. The number of anilines is 1. The van der Waals surface area contributed by atoms with E-state index in [2.05, 4.69) is 20.4 Å². The lowest BCUT2D eigenvalue weighted by atomic mass is 10.2. The van der Waals surface area contributed by atoms with E-state index in [9.17, 15) is 0 Å². The Morgan fingerprint density at radius 2 is 2.17 bits per heavy atom. The van der Waals surface area contributed by atoms with Crippen LogP contribution >= 0.6 is 0 Å². The van der Waals surface area contributed by atoms with Crippen LogP contribution in [0.25, 0.3) is 11.2 Å². The van der Waals surface area contributed by atoms with Crippen LogP contribution in [-0.2, 0) is 9.57 Å². The summed E-state index contributed by atoms with van der Waals surface area (Å²) in [4.78, 5) is 18.0. The van der Waals surface area contributed by atoms with E-state index in [-0.39, 0.29) is 6.29 Å². The summed E-state index contributed by atoms with van der Waals surface area (Å²) in [7, 11) is 0. The van der Waals surface area contributed by atoms with E-state index in [0.717, 1.165) is 31.4 Å². The molecule has 6 nitrogen and oxygen atoms in total. The maximum atomic E-state index is 5.45. The van der Waals surface area contributed by atoms with Crippen molar-refractivity contribution >= 4 is 17.0 Å². The highest BCUT2D eigenvalue weighted by atomic mass is 16.8. The minimum atomic E-state index is -0.196. The van der Waals surface area contributed by atoms with Crippen molar-refractivity contribution in [2.45, 2.75) is 25.6 Å². The largest absolute Gasteiger partial charge is 0.350 e. The fourth-order valence-corrected chi connectivity index (χ4v) is 1.84. The van der Waals surface area contributed by atoms with E-state index in [1.807, 2.05) is 6.07 Å². The van der Waals surface area contributed by atoms with Gasteiger partial charge in [-0.1, -0.05) is 0 Å². The number of rotatable bonds is 3. The predicted octanol–water partition coefficient (Wildman–Crippen LogP) is 1.89. The summed E-state index contributed by atoms with van der Waals surface area (Å²) in [5.41, 5.74) is 4.16. The Balaban J connectivity index is 1.66. The van der Waals surface area contributed by atoms with Crippen molar-refractivity contribution in [3.8, 4) is 0 Å². The first-order valence-electron chi connectivity index (χ1n) is 6.03. The van der Waals surface area contributed by atoms with Gasteiger partial charge < -0.3 is 4.74 Å². The minimum Gasteiger partial charge on any atom is -0.350 e. The molecular weight excluding hydrogens is 232 g/mol. The minimum absolute atomic E-state index is 0.196. The molecule has 0 aromatic carbocycles. The molecule has 1 aliphatic heterocycles. The average molecular weight is 246 g/mol. The number of hydrogen-bond donors (Lipinski definition) is 1. The number of aromatic nitrogens is 3. The van der Waals surface area contributed by atoms with Crippen LogP contribution < -0.4 is 5.48 Å². The van der Waals surface area contributed by atoms with Gasteiger partial charge in [-0.25, -0.2) is 20.3 Å². The lowest BCUT2D eigenvalue weighted by Gasteiger charge is -2.22. The SMILES string of the molecule is c1cnc2nc(NOC3CCCCO3)ccc2n1. The predicted molar refractivity (Wildman–Crippen MR) is 65.6 cm³/mol. The van der Waals surface area contributed by atoms with Crippen molar-refractivity contribution in [2.75, 3.05) is 12.1 Å². The normalized spacial score (nSPS) is 19.9. The molecule has 2 aromatic heterocycles. The first-order valence-corrected chi connectivity index (χ1v) is 6.03. The van der Waals surface area contributed by atoms with Gasteiger partial charge in [0.1, 0.15) is 5.52 Å². The Morgan fingerprint density at radius 1 is 1.22 bits per heavy atom. The van der Waals surface area contributed by atoms with Crippen LogP contribution in [0.3, 0.4) is 0 Å². The number of pyridine rings is 1. The molecule has 94 valence electrons. The van der Waals surface area contributed by atoms with Gasteiger partial charge in [-0.15, -0.1) is 0 Å². The van der Waals surface area contributed by atoms with Gasteiger partial charge in [0.2, 0.25) is 0 Å². The Kier molecular flexibility index (Phi) is 3.29. The molecule has 1 aliphatic rings. The Hall–Kier alpha value is -1.79. The average Bonchev–Trinajstić information content (AvgIpc) is 2.46. The van der Waals surface area contributed by atoms with Crippen molar-refractivity contribution in [3.63, 3.8) is 0 Å². The zero-order valence-electron chi connectivity index (χ0n) is 9.87. The number of ether oxygens (including phenoxy) is 1. The molecule has 2 aromatic rings. The molecular formula is C12H14N4O2. The van der Waals surface area contributed by atoms with Crippen LogP contribution in [0.2, 0.25) is 0 Å². The second kappa shape index (κ2) is 5.24. The Bertz CT molecular complexity index is 528. The second-order valence-electron chi connectivity index (χ2n) is 4.11. The highest BCUT2D eigenvalue weighted by Gasteiger charge is 2.14. The number of nitrogens with zero attached hydrogens (tertiary/aromatic N) is 3. The summed E-state index contributed by atoms with van der Waals surface area (Å²) in [6.07, 6.45) is 6.19. The quantitative estimate of drug-likeness (QED) is 0.834. The molecule has 0 amide bonds. The molecule has 6 heteroatoms. The standard InChI is InChI=1S/C12H14N4O2/c1-2-8-17-11(3-1)18-16-10-5-4-9-12(15-10)14-7-6-13-9/h4-7,11H,1-3,8H2,(H,14,15,16). The third-order valence-electron chi connectivity index (χ3n) is 2.76.